The Morgan fingerprint density at radius 2 is 1.85 bits per heavy atom. The van der Waals surface area contributed by atoms with Crippen LogP contribution < -0.4 is 0 Å². The van der Waals surface area contributed by atoms with E-state index in [-0.39, 0.29) is 6.10 Å². The highest BCUT2D eigenvalue weighted by Gasteiger charge is 2.51. The molecule has 0 bridgehead atoms. The summed E-state index contributed by atoms with van der Waals surface area (Å²) in [5.74, 6) is 1.51. The fourth-order valence-electron chi connectivity index (χ4n) is 3.65. The normalized spacial score (nSPS) is 52.2. The summed E-state index contributed by atoms with van der Waals surface area (Å²) in [6.07, 6.45) is 13.6. The summed E-state index contributed by atoms with van der Waals surface area (Å²) in [6.45, 7) is 0. The van der Waals surface area contributed by atoms with E-state index in [4.69, 9.17) is 0 Å². The fraction of sp³-hybridized carbons (Fsp3) is 0.667. The minimum Gasteiger partial charge on any atom is -0.389 e. The molecule has 0 amide bonds. The van der Waals surface area contributed by atoms with Gasteiger partial charge in [-0.15, -0.1) is 0 Å². The van der Waals surface area contributed by atoms with Gasteiger partial charge in [0, 0.05) is 0 Å². The average molecular weight is 176 g/mol. The van der Waals surface area contributed by atoms with Gasteiger partial charge >= 0.3 is 0 Å². The van der Waals surface area contributed by atoms with Gasteiger partial charge in [0.25, 0.3) is 0 Å². The third-order valence-corrected chi connectivity index (χ3v) is 4.29. The third-order valence-electron chi connectivity index (χ3n) is 4.29. The third kappa shape index (κ3) is 0.912. The first-order valence-electron chi connectivity index (χ1n) is 5.34. The van der Waals surface area contributed by atoms with E-state index in [0.29, 0.717) is 5.41 Å². The van der Waals surface area contributed by atoms with Gasteiger partial charge in [0.1, 0.15) is 0 Å². The Kier molecular flexibility index (Phi) is 1.49. The Morgan fingerprint density at radius 1 is 1.08 bits per heavy atom. The van der Waals surface area contributed by atoms with Crippen LogP contribution >= 0.6 is 0 Å². The Bertz CT molecular complexity index is 279. The van der Waals surface area contributed by atoms with E-state index in [1.54, 1.807) is 0 Å². The molecule has 1 spiro atoms. The number of hydrogen-bond donors (Lipinski definition) is 1. The SMILES string of the molecule is O[C@@H]1C=C[C@@H]2CC[C@@H]3C=CC[C@]23C1. The van der Waals surface area contributed by atoms with Crippen molar-refractivity contribution < 1.29 is 5.11 Å². The van der Waals surface area contributed by atoms with Crippen molar-refractivity contribution in [3.63, 3.8) is 0 Å². The minimum absolute atomic E-state index is 0.184. The van der Waals surface area contributed by atoms with Gasteiger partial charge in [0.05, 0.1) is 6.10 Å². The van der Waals surface area contributed by atoms with Crippen molar-refractivity contribution in [1.82, 2.24) is 0 Å². The molecule has 0 unspecified atom stereocenters. The molecule has 0 heterocycles. The Balaban J connectivity index is 1.99. The zero-order valence-electron chi connectivity index (χ0n) is 7.82. The standard InChI is InChI=1S/C12H16O/c13-11-6-5-10-4-3-9-2-1-7-12(9,10)8-11/h1-2,5-6,9-11,13H,3-4,7-8H2/t9-,10-,11+,12+/m0/s1. The molecule has 0 aromatic rings. The highest BCUT2D eigenvalue weighted by molar-refractivity contribution is 5.22. The summed E-state index contributed by atoms with van der Waals surface area (Å²) >= 11 is 0. The van der Waals surface area contributed by atoms with Crippen LogP contribution in [0.15, 0.2) is 24.3 Å². The Morgan fingerprint density at radius 3 is 2.69 bits per heavy atom. The molecule has 1 N–H and O–H groups in total. The lowest BCUT2D eigenvalue weighted by atomic mass is 9.67. The molecule has 1 heteroatoms. The van der Waals surface area contributed by atoms with Crippen molar-refractivity contribution >= 4 is 0 Å². The number of rotatable bonds is 0. The summed E-state index contributed by atoms with van der Waals surface area (Å²) in [7, 11) is 0. The molecule has 0 saturated heterocycles. The molecule has 0 aromatic carbocycles. The lowest BCUT2D eigenvalue weighted by Gasteiger charge is -2.38. The van der Waals surface area contributed by atoms with Gasteiger partial charge in [0.15, 0.2) is 0 Å². The molecular formula is C12H16O. The first-order valence-corrected chi connectivity index (χ1v) is 5.34. The predicted octanol–water partition coefficient (Wildman–Crippen LogP) is 2.28. The number of allylic oxidation sites excluding steroid dienone is 3. The van der Waals surface area contributed by atoms with Crippen LogP contribution in [0.25, 0.3) is 0 Å². The highest BCUT2D eigenvalue weighted by Crippen LogP contribution is 2.59. The van der Waals surface area contributed by atoms with E-state index in [1.165, 1.54) is 19.3 Å². The maximum atomic E-state index is 9.68. The maximum absolute atomic E-state index is 9.68. The zero-order valence-corrected chi connectivity index (χ0v) is 7.82. The molecule has 13 heavy (non-hydrogen) atoms. The van der Waals surface area contributed by atoms with E-state index >= 15 is 0 Å². The predicted molar refractivity (Wildman–Crippen MR) is 52.2 cm³/mol. The van der Waals surface area contributed by atoms with Gasteiger partial charge < -0.3 is 5.11 Å². The second-order valence-electron chi connectivity index (χ2n) is 4.81. The molecule has 1 nitrogen and oxygen atoms in total. The van der Waals surface area contributed by atoms with E-state index in [9.17, 15) is 5.11 Å². The van der Waals surface area contributed by atoms with Crippen LogP contribution in [0.2, 0.25) is 0 Å². The minimum atomic E-state index is -0.184. The highest BCUT2D eigenvalue weighted by atomic mass is 16.3. The van der Waals surface area contributed by atoms with Crippen LogP contribution in [0.4, 0.5) is 0 Å². The molecule has 0 radical (unpaired) electrons. The topological polar surface area (TPSA) is 20.2 Å². The summed E-state index contributed by atoms with van der Waals surface area (Å²) in [5, 5.41) is 9.68. The lowest BCUT2D eigenvalue weighted by molar-refractivity contribution is 0.0859. The van der Waals surface area contributed by atoms with E-state index in [1.807, 2.05) is 6.08 Å². The van der Waals surface area contributed by atoms with Crippen molar-refractivity contribution in [2.75, 3.05) is 0 Å². The largest absolute Gasteiger partial charge is 0.389 e. The molecule has 1 fully saturated rings. The van der Waals surface area contributed by atoms with E-state index in [2.05, 4.69) is 18.2 Å². The summed E-state index contributed by atoms with van der Waals surface area (Å²) in [4.78, 5) is 0. The van der Waals surface area contributed by atoms with Crippen LogP contribution in [0.5, 0.6) is 0 Å². The van der Waals surface area contributed by atoms with E-state index < -0.39 is 0 Å². The van der Waals surface area contributed by atoms with Crippen molar-refractivity contribution in [3.05, 3.63) is 24.3 Å². The van der Waals surface area contributed by atoms with Crippen LogP contribution in [0, 0.1) is 17.3 Å². The monoisotopic (exact) mass is 176 g/mol. The van der Waals surface area contributed by atoms with Crippen LogP contribution in [0.3, 0.4) is 0 Å². The average Bonchev–Trinajstić information content (AvgIpc) is 2.59. The van der Waals surface area contributed by atoms with E-state index in [0.717, 1.165) is 18.3 Å². The smallest absolute Gasteiger partial charge is 0.0726 e. The van der Waals surface area contributed by atoms with Crippen molar-refractivity contribution in [1.29, 1.82) is 0 Å². The lowest BCUT2D eigenvalue weighted by Crippen LogP contribution is -2.34. The molecule has 4 atom stereocenters. The van der Waals surface area contributed by atoms with Gasteiger partial charge in [-0.25, -0.2) is 0 Å². The van der Waals surface area contributed by atoms with Gasteiger partial charge in [0.2, 0.25) is 0 Å². The summed E-state index contributed by atoms with van der Waals surface area (Å²) in [6, 6.07) is 0. The molecule has 3 rings (SSSR count). The Hall–Kier alpha value is -0.560. The van der Waals surface area contributed by atoms with Gasteiger partial charge in [-0.3, -0.25) is 0 Å². The molecule has 3 aliphatic carbocycles. The number of hydrogen-bond acceptors (Lipinski definition) is 1. The van der Waals surface area contributed by atoms with Gasteiger partial charge in [-0.1, -0.05) is 24.3 Å². The van der Waals surface area contributed by atoms with Crippen molar-refractivity contribution in [2.45, 2.75) is 31.8 Å². The summed E-state index contributed by atoms with van der Waals surface area (Å²) < 4.78 is 0. The molecule has 0 aliphatic heterocycles. The fourth-order valence-corrected chi connectivity index (χ4v) is 3.65. The number of aliphatic hydroxyl groups is 1. The molecule has 1 saturated carbocycles. The quantitative estimate of drug-likeness (QED) is 0.561. The zero-order chi connectivity index (χ0) is 8.89. The molecule has 3 aliphatic rings. The maximum Gasteiger partial charge on any atom is 0.0726 e. The first-order chi connectivity index (χ1) is 6.31. The second kappa shape index (κ2) is 2.48. The van der Waals surface area contributed by atoms with Crippen LogP contribution in [-0.4, -0.2) is 11.2 Å². The van der Waals surface area contributed by atoms with Crippen molar-refractivity contribution in [2.24, 2.45) is 17.3 Å². The Labute approximate surface area is 79.2 Å². The van der Waals surface area contributed by atoms with Crippen LogP contribution in [0.1, 0.15) is 25.7 Å². The van der Waals surface area contributed by atoms with Gasteiger partial charge in [-0.05, 0) is 42.9 Å². The van der Waals surface area contributed by atoms with Crippen LogP contribution in [-0.2, 0) is 0 Å². The molecular weight excluding hydrogens is 160 g/mol. The van der Waals surface area contributed by atoms with Gasteiger partial charge in [-0.2, -0.15) is 0 Å². The molecule has 0 aromatic heterocycles. The number of aliphatic hydroxyl groups excluding tert-OH is 1. The second-order valence-corrected chi connectivity index (χ2v) is 4.81. The summed E-state index contributed by atoms with van der Waals surface area (Å²) in [5.41, 5.74) is 0.425. The van der Waals surface area contributed by atoms with Crippen molar-refractivity contribution in [3.8, 4) is 0 Å². The molecule has 70 valence electrons. The first kappa shape index (κ1) is 7.81.